The fourth-order valence-electron chi connectivity index (χ4n) is 2.93. The van der Waals surface area contributed by atoms with E-state index in [0.717, 1.165) is 55.2 Å². The molecule has 2 aromatic rings. The Balaban J connectivity index is 1.73. The average molecular weight is 300 g/mol. The Morgan fingerprint density at radius 2 is 1.95 bits per heavy atom. The normalized spacial score (nSPS) is 19.9. The Morgan fingerprint density at radius 3 is 2.68 bits per heavy atom. The van der Waals surface area contributed by atoms with Crippen molar-refractivity contribution in [3.05, 3.63) is 35.7 Å². The molecule has 118 valence electrons. The highest BCUT2D eigenvalue weighted by Crippen LogP contribution is 2.15. The molecule has 0 N–H and O–H groups in total. The molecule has 0 spiro atoms. The Bertz CT molecular complexity index is 644. The second-order valence-electron chi connectivity index (χ2n) is 6.23. The van der Waals surface area contributed by atoms with Crippen molar-refractivity contribution in [2.75, 3.05) is 40.3 Å². The van der Waals surface area contributed by atoms with Gasteiger partial charge >= 0.3 is 0 Å². The Kier molecular flexibility index (Phi) is 4.66. The lowest BCUT2D eigenvalue weighted by atomic mass is 10.2. The van der Waals surface area contributed by atoms with Gasteiger partial charge in [0.15, 0.2) is 0 Å². The highest BCUT2D eigenvalue weighted by atomic mass is 16.5. The zero-order valence-corrected chi connectivity index (χ0v) is 13.6. The highest BCUT2D eigenvalue weighted by molar-refractivity contribution is 5.74. The van der Waals surface area contributed by atoms with Gasteiger partial charge in [0.05, 0.1) is 35.1 Å². The van der Waals surface area contributed by atoms with Gasteiger partial charge in [0.1, 0.15) is 0 Å². The molecule has 1 fully saturated rings. The maximum Gasteiger partial charge on any atom is 0.0890 e. The molecule has 22 heavy (non-hydrogen) atoms. The van der Waals surface area contributed by atoms with Gasteiger partial charge in [-0.15, -0.1) is 0 Å². The number of hydrogen-bond acceptors (Lipinski definition) is 5. The number of rotatable bonds is 4. The quantitative estimate of drug-likeness (QED) is 0.860. The standard InChI is InChI=1S/C17H24N4O/c1-13-17(19-16-7-5-4-6-15(16)18-13)12-21-8-9-22-14(11-21)10-20(2)3/h4-7,14H,8-12H2,1-3H3. The van der Waals surface area contributed by atoms with Crippen molar-refractivity contribution in [3.63, 3.8) is 0 Å². The van der Waals surface area contributed by atoms with E-state index in [-0.39, 0.29) is 6.10 Å². The molecule has 5 heteroatoms. The molecule has 1 saturated heterocycles. The number of aryl methyl sites for hydroxylation is 1. The third-order valence-corrected chi connectivity index (χ3v) is 4.01. The van der Waals surface area contributed by atoms with Crippen LogP contribution >= 0.6 is 0 Å². The molecule has 0 radical (unpaired) electrons. The number of hydrogen-bond donors (Lipinski definition) is 0. The lowest BCUT2D eigenvalue weighted by Gasteiger charge is -2.34. The largest absolute Gasteiger partial charge is 0.374 e. The minimum atomic E-state index is 0.275. The van der Waals surface area contributed by atoms with Gasteiger partial charge in [0.2, 0.25) is 0 Å². The third kappa shape index (κ3) is 3.61. The van der Waals surface area contributed by atoms with E-state index >= 15 is 0 Å². The van der Waals surface area contributed by atoms with Crippen LogP contribution in [0.15, 0.2) is 24.3 Å². The first-order valence-corrected chi connectivity index (χ1v) is 7.83. The summed E-state index contributed by atoms with van der Waals surface area (Å²) in [7, 11) is 4.17. The van der Waals surface area contributed by atoms with Crippen LogP contribution in [0.3, 0.4) is 0 Å². The van der Waals surface area contributed by atoms with Gasteiger partial charge in [-0.05, 0) is 33.2 Å². The van der Waals surface area contributed by atoms with Crippen LogP contribution in [0, 0.1) is 6.92 Å². The van der Waals surface area contributed by atoms with E-state index in [1.54, 1.807) is 0 Å². The number of likely N-dealkylation sites (N-methyl/N-ethyl adjacent to an activating group) is 1. The van der Waals surface area contributed by atoms with Crippen LogP contribution in [-0.2, 0) is 11.3 Å². The second-order valence-corrected chi connectivity index (χ2v) is 6.23. The van der Waals surface area contributed by atoms with Crippen LogP contribution < -0.4 is 0 Å². The van der Waals surface area contributed by atoms with Crippen molar-refractivity contribution in [1.29, 1.82) is 0 Å². The molecule has 1 atom stereocenters. The molecule has 1 aromatic heterocycles. The predicted molar refractivity (Wildman–Crippen MR) is 87.8 cm³/mol. The van der Waals surface area contributed by atoms with Crippen LogP contribution in [-0.4, -0.2) is 66.2 Å². The van der Waals surface area contributed by atoms with Gasteiger partial charge in [-0.25, -0.2) is 9.97 Å². The summed E-state index contributed by atoms with van der Waals surface area (Å²) in [6, 6.07) is 8.06. The number of fused-ring (bicyclic) bond motifs is 1. The fraction of sp³-hybridized carbons (Fsp3) is 0.529. The topological polar surface area (TPSA) is 41.5 Å². The van der Waals surface area contributed by atoms with Crippen LogP contribution in [0.25, 0.3) is 11.0 Å². The maximum atomic E-state index is 5.84. The van der Waals surface area contributed by atoms with E-state index in [1.807, 2.05) is 31.2 Å². The number of aromatic nitrogens is 2. The number of morpholine rings is 1. The van der Waals surface area contributed by atoms with Gasteiger partial charge in [0, 0.05) is 26.2 Å². The average Bonchev–Trinajstić information content (AvgIpc) is 2.48. The molecule has 3 rings (SSSR count). The van der Waals surface area contributed by atoms with Gasteiger partial charge in [0.25, 0.3) is 0 Å². The SMILES string of the molecule is Cc1nc2ccccc2nc1CN1CCOC(CN(C)C)C1. The van der Waals surface area contributed by atoms with E-state index < -0.39 is 0 Å². The lowest BCUT2D eigenvalue weighted by Crippen LogP contribution is -2.46. The summed E-state index contributed by atoms with van der Waals surface area (Å²) in [5, 5.41) is 0. The third-order valence-electron chi connectivity index (χ3n) is 4.01. The van der Waals surface area contributed by atoms with Gasteiger partial charge in [-0.1, -0.05) is 12.1 Å². The van der Waals surface area contributed by atoms with Crippen molar-refractivity contribution in [2.24, 2.45) is 0 Å². The monoisotopic (exact) mass is 300 g/mol. The maximum absolute atomic E-state index is 5.84. The molecule has 1 aliphatic heterocycles. The molecular weight excluding hydrogens is 276 g/mol. The van der Waals surface area contributed by atoms with Crippen LogP contribution in [0.1, 0.15) is 11.4 Å². The molecule has 0 saturated carbocycles. The smallest absolute Gasteiger partial charge is 0.0890 e. The second kappa shape index (κ2) is 6.69. The molecule has 5 nitrogen and oxygen atoms in total. The van der Waals surface area contributed by atoms with Crippen LogP contribution in [0.4, 0.5) is 0 Å². The fourth-order valence-corrected chi connectivity index (χ4v) is 2.93. The van der Waals surface area contributed by atoms with Crippen molar-refractivity contribution >= 4 is 11.0 Å². The first-order chi connectivity index (χ1) is 10.6. The van der Waals surface area contributed by atoms with Gasteiger partial charge < -0.3 is 9.64 Å². The molecule has 1 aromatic carbocycles. The predicted octanol–water partition coefficient (Wildman–Crippen LogP) is 1.70. The zero-order chi connectivity index (χ0) is 15.5. The van der Waals surface area contributed by atoms with Crippen molar-refractivity contribution < 1.29 is 4.74 Å². The Hall–Kier alpha value is -1.56. The van der Waals surface area contributed by atoms with E-state index in [9.17, 15) is 0 Å². The first-order valence-electron chi connectivity index (χ1n) is 7.83. The van der Waals surface area contributed by atoms with Gasteiger partial charge in [-0.3, -0.25) is 4.90 Å². The van der Waals surface area contributed by atoms with E-state index in [2.05, 4.69) is 28.9 Å². The summed E-state index contributed by atoms with van der Waals surface area (Å²) in [6.07, 6.45) is 0.275. The van der Waals surface area contributed by atoms with Crippen LogP contribution in [0.2, 0.25) is 0 Å². The summed E-state index contributed by atoms with van der Waals surface area (Å²) < 4.78 is 5.84. The summed E-state index contributed by atoms with van der Waals surface area (Å²) >= 11 is 0. The molecule has 0 bridgehead atoms. The molecular formula is C17H24N4O. The zero-order valence-electron chi connectivity index (χ0n) is 13.6. The summed E-state index contributed by atoms with van der Waals surface area (Å²) in [4.78, 5) is 14.1. The number of benzene rings is 1. The minimum absolute atomic E-state index is 0.275. The van der Waals surface area contributed by atoms with E-state index in [0.29, 0.717) is 0 Å². The van der Waals surface area contributed by atoms with Crippen molar-refractivity contribution in [3.8, 4) is 0 Å². The van der Waals surface area contributed by atoms with Gasteiger partial charge in [-0.2, -0.15) is 0 Å². The van der Waals surface area contributed by atoms with Crippen molar-refractivity contribution in [2.45, 2.75) is 19.6 Å². The minimum Gasteiger partial charge on any atom is -0.374 e. The Labute approximate surface area is 131 Å². The van der Waals surface area contributed by atoms with E-state index in [4.69, 9.17) is 9.72 Å². The Morgan fingerprint density at radius 1 is 1.23 bits per heavy atom. The molecule has 1 aliphatic rings. The van der Waals surface area contributed by atoms with Crippen LogP contribution in [0.5, 0.6) is 0 Å². The highest BCUT2D eigenvalue weighted by Gasteiger charge is 2.22. The summed E-state index contributed by atoms with van der Waals surface area (Å²) in [6.45, 7) is 6.55. The number of para-hydroxylation sites is 2. The summed E-state index contributed by atoms with van der Waals surface area (Å²) in [5.41, 5.74) is 4.04. The number of ether oxygens (including phenoxy) is 1. The lowest BCUT2D eigenvalue weighted by molar-refractivity contribution is -0.0410. The van der Waals surface area contributed by atoms with E-state index in [1.165, 1.54) is 0 Å². The first kappa shape index (κ1) is 15.3. The van der Waals surface area contributed by atoms with Crippen molar-refractivity contribution in [1.82, 2.24) is 19.8 Å². The molecule has 0 aliphatic carbocycles. The molecule has 1 unspecified atom stereocenters. The molecule has 2 heterocycles. The molecule has 0 amide bonds. The number of nitrogens with zero attached hydrogens (tertiary/aromatic N) is 4. The summed E-state index contributed by atoms with van der Waals surface area (Å²) in [5.74, 6) is 0.